The summed E-state index contributed by atoms with van der Waals surface area (Å²) in [6, 6.07) is 13.6. The molecule has 2 rings (SSSR count). The van der Waals surface area contributed by atoms with Gasteiger partial charge in [-0.25, -0.2) is 9.78 Å². The normalized spacial score (nSPS) is 12.4. The highest BCUT2D eigenvalue weighted by atomic mass is 16.4. The molecular weight excluding hydrogens is 276 g/mol. The van der Waals surface area contributed by atoms with Crippen LogP contribution in [0.2, 0.25) is 0 Å². The zero-order valence-electron chi connectivity index (χ0n) is 13.3. The average molecular weight is 298 g/mol. The van der Waals surface area contributed by atoms with Gasteiger partial charge < -0.3 is 10.0 Å². The van der Waals surface area contributed by atoms with Crippen LogP contribution in [0.1, 0.15) is 39.6 Å². The van der Waals surface area contributed by atoms with Gasteiger partial charge in [-0.1, -0.05) is 35.9 Å². The molecule has 116 valence electrons. The zero-order valence-corrected chi connectivity index (χ0v) is 13.3. The largest absolute Gasteiger partial charge is 0.477 e. The molecule has 0 saturated carbocycles. The molecule has 1 atom stereocenters. The second kappa shape index (κ2) is 7.18. The van der Waals surface area contributed by atoms with E-state index in [9.17, 15) is 4.79 Å². The molecule has 0 aliphatic rings. The molecular formula is C18H22N2O2. The molecule has 4 nitrogen and oxygen atoms in total. The third-order valence-electron chi connectivity index (χ3n) is 3.69. The van der Waals surface area contributed by atoms with Crippen LogP contribution in [0.5, 0.6) is 0 Å². The van der Waals surface area contributed by atoms with Gasteiger partial charge in [-0.3, -0.25) is 0 Å². The zero-order chi connectivity index (χ0) is 16.1. The Morgan fingerprint density at radius 3 is 2.45 bits per heavy atom. The second-order valence-electron chi connectivity index (χ2n) is 5.81. The highest BCUT2D eigenvalue weighted by Gasteiger charge is 2.17. The van der Waals surface area contributed by atoms with E-state index in [0.717, 1.165) is 18.7 Å². The van der Waals surface area contributed by atoms with Crippen LogP contribution in [-0.2, 0) is 0 Å². The van der Waals surface area contributed by atoms with E-state index < -0.39 is 5.97 Å². The first-order chi connectivity index (χ1) is 10.5. The van der Waals surface area contributed by atoms with E-state index in [1.807, 2.05) is 20.2 Å². The molecule has 1 aromatic carbocycles. The summed E-state index contributed by atoms with van der Waals surface area (Å²) >= 11 is 0. The van der Waals surface area contributed by atoms with Crippen molar-refractivity contribution in [3.63, 3.8) is 0 Å². The highest BCUT2D eigenvalue weighted by Crippen LogP contribution is 2.27. The first-order valence-electron chi connectivity index (χ1n) is 7.39. The highest BCUT2D eigenvalue weighted by molar-refractivity contribution is 5.85. The SMILES string of the molecule is Cc1ccc(C(CCN(C)C)c2cccc(C(=O)O)n2)cc1. The number of carbonyl (C=O) groups is 1. The Kier molecular flexibility index (Phi) is 5.28. The molecule has 1 aromatic heterocycles. The van der Waals surface area contributed by atoms with E-state index in [2.05, 4.69) is 41.1 Å². The number of pyridine rings is 1. The summed E-state index contributed by atoms with van der Waals surface area (Å²) < 4.78 is 0. The van der Waals surface area contributed by atoms with Gasteiger partial charge in [0.15, 0.2) is 0 Å². The van der Waals surface area contributed by atoms with Crippen LogP contribution in [0.3, 0.4) is 0 Å². The summed E-state index contributed by atoms with van der Waals surface area (Å²) in [6.45, 7) is 2.97. The minimum Gasteiger partial charge on any atom is -0.477 e. The summed E-state index contributed by atoms with van der Waals surface area (Å²) in [7, 11) is 4.07. The van der Waals surface area contributed by atoms with Crippen LogP contribution in [0.4, 0.5) is 0 Å². The van der Waals surface area contributed by atoms with Crippen LogP contribution in [-0.4, -0.2) is 41.6 Å². The summed E-state index contributed by atoms with van der Waals surface area (Å²) in [4.78, 5) is 17.6. The summed E-state index contributed by atoms with van der Waals surface area (Å²) in [6.07, 6.45) is 0.895. The minimum atomic E-state index is -0.989. The standard InChI is InChI=1S/C18H22N2O2/c1-13-7-9-14(10-8-13)15(11-12-20(2)3)16-5-4-6-17(19-16)18(21)22/h4-10,15H,11-12H2,1-3H3,(H,21,22). The Morgan fingerprint density at radius 1 is 1.18 bits per heavy atom. The van der Waals surface area contributed by atoms with Crippen molar-refractivity contribution in [2.45, 2.75) is 19.3 Å². The lowest BCUT2D eigenvalue weighted by molar-refractivity contribution is 0.0690. The predicted octanol–water partition coefficient (Wildman–Crippen LogP) is 3.17. The first kappa shape index (κ1) is 16.2. The van der Waals surface area contributed by atoms with Crippen molar-refractivity contribution in [1.82, 2.24) is 9.88 Å². The van der Waals surface area contributed by atoms with Crippen LogP contribution < -0.4 is 0 Å². The molecule has 1 N–H and O–H groups in total. The van der Waals surface area contributed by atoms with Crippen molar-refractivity contribution in [1.29, 1.82) is 0 Å². The number of rotatable bonds is 6. The Morgan fingerprint density at radius 2 is 1.86 bits per heavy atom. The third kappa shape index (κ3) is 4.15. The summed E-state index contributed by atoms with van der Waals surface area (Å²) in [5.41, 5.74) is 3.29. The summed E-state index contributed by atoms with van der Waals surface area (Å²) in [5, 5.41) is 9.15. The van der Waals surface area contributed by atoms with E-state index in [-0.39, 0.29) is 11.6 Å². The van der Waals surface area contributed by atoms with Gasteiger partial charge in [0.2, 0.25) is 0 Å². The van der Waals surface area contributed by atoms with E-state index >= 15 is 0 Å². The predicted molar refractivity (Wildman–Crippen MR) is 87.4 cm³/mol. The maximum absolute atomic E-state index is 11.2. The van der Waals surface area contributed by atoms with E-state index in [4.69, 9.17) is 5.11 Å². The number of benzene rings is 1. The molecule has 0 radical (unpaired) electrons. The Bertz CT molecular complexity index is 636. The summed E-state index contributed by atoms with van der Waals surface area (Å²) in [5.74, 6) is -0.889. The van der Waals surface area contributed by atoms with Crippen LogP contribution >= 0.6 is 0 Å². The fourth-order valence-corrected chi connectivity index (χ4v) is 2.44. The lowest BCUT2D eigenvalue weighted by Gasteiger charge is -2.20. The van der Waals surface area contributed by atoms with Crippen LogP contribution in [0.15, 0.2) is 42.5 Å². The van der Waals surface area contributed by atoms with Crippen LogP contribution in [0, 0.1) is 6.92 Å². The molecule has 0 aliphatic carbocycles. The molecule has 0 bridgehead atoms. The first-order valence-corrected chi connectivity index (χ1v) is 7.39. The monoisotopic (exact) mass is 298 g/mol. The quantitative estimate of drug-likeness (QED) is 0.890. The van der Waals surface area contributed by atoms with E-state index in [1.54, 1.807) is 6.07 Å². The van der Waals surface area contributed by atoms with E-state index in [0.29, 0.717) is 0 Å². The van der Waals surface area contributed by atoms with Crippen molar-refractivity contribution in [2.75, 3.05) is 20.6 Å². The lowest BCUT2D eigenvalue weighted by Crippen LogP contribution is -2.17. The van der Waals surface area contributed by atoms with Crippen molar-refractivity contribution < 1.29 is 9.90 Å². The molecule has 4 heteroatoms. The van der Waals surface area contributed by atoms with Gasteiger partial charge in [-0.2, -0.15) is 0 Å². The van der Waals surface area contributed by atoms with Crippen molar-refractivity contribution in [3.8, 4) is 0 Å². The molecule has 0 amide bonds. The van der Waals surface area contributed by atoms with Gasteiger partial charge in [-0.05, 0) is 51.7 Å². The van der Waals surface area contributed by atoms with E-state index in [1.165, 1.54) is 17.2 Å². The number of carboxylic acids is 1. The molecule has 0 fully saturated rings. The topological polar surface area (TPSA) is 53.4 Å². The van der Waals surface area contributed by atoms with Crippen molar-refractivity contribution in [2.24, 2.45) is 0 Å². The molecule has 2 aromatic rings. The number of aryl methyl sites for hydroxylation is 1. The molecule has 0 saturated heterocycles. The third-order valence-corrected chi connectivity index (χ3v) is 3.69. The molecule has 0 aliphatic heterocycles. The van der Waals surface area contributed by atoms with Crippen LogP contribution in [0.25, 0.3) is 0 Å². The lowest BCUT2D eigenvalue weighted by atomic mass is 9.91. The number of carboxylic acid groups (broad SMARTS) is 1. The number of hydrogen-bond acceptors (Lipinski definition) is 3. The number of hydrogen-bond donors (Lipinski definition) is 1. The average Bonchev–Trinajstić information content (AvgIpc) is 2.49. The second-order valence-corrected chi connectivity index (χ2v) is 5.81. The Balaban J connectivity index is 2.37. The number of nitrogens with zero attached hydrogens (tertiary/aromatic N) is 2. The molecule has 1 heterocycles. The molecule has 1 unspecified atom stereocenters. The van der Waals surface area contributed by atoms with Crippen molar-refractivity contribution in [3.05, 3.63) is 65.0 Å². The van der Waals surface area contributed by atoms with Gasteiger partial charge in [0.25, 0.3) is 0 Å². The van der Waals surface area contributed by atoms with Gasteiger partial charge in [-0.15, -0.1) is 0 Å². The van der Waals surface area contributed by atoms with Crippen molar-refractivity contribution >= 4 is 5.97 Å². The number of aromatic nitrogens is 1. The van der Waals surface area contributed by atoms with Gasteiger partial charge in [0.05, 0.1) is 0 Å². The Labute approximate surface area is 131 Å². The minimum absolute atomic E-state index is 0.0967. The smallest absolute Gasteiger partial charge is 0.354 e. The van der Waals surface area contributed by atoms with Gasteiger partial charge in [0.1, 0.15) is 5.69 Å². The Hall–Kier alpha value is -2.20. The fraction of sp³-hybridized carbons (Fsp3) is 0.333. The van der Waals surface area contributed by atoms with Gasteiger partial charge in [0, 0.05) is 11.6 Å². The molecule has 22 heavy (non-hydrogen) atoms. The number of aromatic carboxylic acids is 1. The molecule has 0 spiro atoms. The fourth-order valence-electron chi connectivity index (χ4n) is 2.44. The maximum atomic E-state index is 11.2. The maximum Gasteiger partial charge on any atom is 0.354 e. The van der Waals surface area contributed by atoms with Gasteiger partial charge >= 0.3 is 5.97 Å².